The summed E-state index contributed by atoms with van der Waals surface area (Å²) in [5.41, 5.74) is 1.24. The lowest BCUT2D eigenvalue weighted by molar-refractivity contribution is -0.0498. The van der Waals surface area contributed by atoms with E-state index in [9.17, 15) is 8.78 Å². The van der Waals surface area contributed by atoms with Gasteiger partial charge in [0.15, 0.2) is 0 Å². The largest absolute Gasteiger partial charge is 0.435 e. The maximum Gasteiger partial charge on any atom is 0.387 e. The molecule has 1 rings (SSSR count). The van der Waals surface area contributed by atoms with Crippen LogP contribution in [0.25, 0.3) is 0 Å². The van der Waals surface area contributed by atoms with E-state index in [4.69, 9.17) is 0 Å². The van der Waals surface area contributed by atoms with Gasteiger partial charge in [0.25, 0.3) is 0 Å². The first kappa shape index (κ1) is 13.9. The first-order chi connectivity index (χ1) is 7.93. The van der Waals surface area contributed by atoms with E-state index in [0.29, 0.717) is 0 Å². The average molecular weight is 242 g/mol. The van der Waals surface area contributed by atoms with E-state index in [0.717, 1.165) is 24.8 Å². The molecule has 0 bridgehead atoms. The molecule has 0 aliphatic heterocycles. The third kappa shape index (κ3) is 5.16. The van der Waals surface area contributed by atoms with E-state index >= 15 is 0 Å². The number of rotatable bonds is 6. The van der Waals surface area contributed by atoms with E-state index < -0.39 is 6.61 Å². The fourth-order valence-electron chi connectivity index (χ4n) is 2.15. The van der Waals surface area contributed by atoms with Gasteiger partial charge in [-0.2, -0.15) is 8.78 Å². The van der Waals surface area contributed by atoms with E-state index in [1.165, 1.54) is 0 Å². The molecule has 0 atom stereocenters. The van der Waals surface area contributed by atoms with Crippen LogP contribution in [0.4, 0.5) is 8.78 Å². The lowest BCUT2D eigenvalue weighted by Gasteiger charge is -2.24. The van der Waals surface area contributed by atoms with Crippen LogP contribution in [-0.4, -0.2) is 6.61 Å². The summed E-state index contributed by atoms with van der Waals surface area (Å²) in [7, 11) is 0. The van der Waals surface area contributed by atoms with Crippen LogP contribution in [0.5, 0.6) is 5.75 Å². The minimum absolute atomic E-state index is 0.193. The van der Waals surface area contributed by atoms with Crippen molar-refractivity contribution < 1.29 is 13.5 Å². The van der Waals surface area contributed by atoms with Crippen molar-refractivity contribution in [3.8, 4) is 5.75 Å². The molecule has 0 fully saturated rings. The normalized spacial score (nSPS) is 11.9. The van der Waals surface area contributed by atoms with Gasteiger partial charge in [0.05, 0.1) is 0 Å². The molecule has 0 N–H and O–H groups in total. The topological polar surface area (TPSA) is 9.23 Å². The first-order valence-electron chi connectivity index (χ1n) is 5.97. The second-order valence-electron chi connectivity index (χ2n) is 5.12. The second-order valence-corrected chi connectivity index (χ2v) is 5.12. The van der Waals surface area contributed by atoms with E-state index in [1.807, 2.05) is 6.07 Å². The molecule has 0 amide bonds. The van der Waals surface area contributed by atoms with Gasteiger partial charge in [0.2, 0.25) is 0 Å². The van der Waals surface area contributed by atoms with Gasteiger partial charge in [-0.15, -0.1) is 0 Å². The van der Waals surface area contributed by atoms with Gasteiger partial charge in [0.1, 0.15) is 5.75 Å². The molecule has 17 heavy (non-hydrogen) atoms. The summed E-state index contributed by atoms with van der Waals surface area (Å²) >= 11 is 0. The zero-order valence-electron chi connectivity index (χ0n) is 10.7. The summed E-state index contributed by atoms with van der Waals surface area (Å²) in [6.07, 6.45) is 3.12. The fourth-order valence-corrected chi connectivity index (χ4v) is 2.15. The monoisotopic (exact) mass is 242 g/mol. The number of halogens is 2. The van der Waals surface area contributed by atoms with Crippen LogP contribution >= 0.6 is 0 Å². The zero-order valence-corrected chi connectivity index (χ0v) is 10.7. The maximum atomic E-state index is 12.1. The molecule has 0 unspecified atom stereocenters. The first-order valence-corrected chi connectivity index (χ1v) is 5.97. The van der Waals surface area contributed by atoms with Crippen molar-refractivity contribution in [2.45, 2.75) is 46.6 Å². The third-order valence-electron chi connectivity index (χ3n) is 2.73. The number of hydrogen-bond acceptors (Lipinski definition) is 1. The summed E-state index contributed by atoms with van der Waals surface area (Å²) in [5, 5.41) is 0. The van der Waals surface area contributed by atoms with Gasteiger partial charge in [-0.1, -0.05) is 39.3 Å². The highest BCUT2D eigenvalue weighted by Gasteiger charge is 2.17. The highest BCUT2D eigenvalue weighted by molar-refractivity contribution is 5.29. The van der Waals surface area contributed by atoms with E-state index in [-0.39, 0.29) is 11.2 Å². The smallest absolute Gasteiger partial charge is 0.387 e. The zero-order chi connectivity index (χ0) is 12.9. The van der Waals surface area contributed by atoms with Crippen molar-refractivity contribution in [3.63, 3.8) is 0 Å². The molecule has 1 nitrogen and oxygen atoms in total. The Morgan fingerprint density at radius 1 is 1.29 bits per heavy atom. The molecule has 0 saturated heterocycles. The van der Waals surface area contributed by atoms with Gasteiger partial charge in [0, 0.05) is 0 Å². The van der Waals surface area contributed by atoms with Crippen LogP contribution < -0.4 is 4.74 Å². The van der Waals surface area contributed by atoms with Crippen LogP contribution in [-0.2, 0) is 6.42 Å². The number of alkyl halides is 2. The Morgan fingerprint density at radius 2 is 2.00 bits per heavy atom. The molecule has 0 aliphatic carbocycles. The van der Waals surface area contributed by atoms with Gasteiger partial charge in [-0.25, -0.2) is 0 Å². The highest BCUT2D eigenvalue weighted by Crippen LogP contribution is 2.28. The van der Waals surface area contributed by atoms with Crippen molar-refractivity contribution in [2.24, 2.45) is 5.41 Å². The molecule has 0 saturated carbocycles. The summed E-state index contributed by atoms with van der Waals surface area (Å²) in [6, 6.07) is 6.97. The average Bonchev–Trinajstić information content (AvgIpc) is 2.15. The Hall–Kier alpha value is -1.12. The van der Waals surface area contributed by atoms with Gasteiger partial charge in [-0.3, -0.25) is 0 Å². The van der Waals surface area contributed by atoms with Crippen molar-refractivity contribution in [2.75, 3.05) is 0 Å². The Labute approximate surface area is 102 Å². The number of benzene rings is 1. The van der Waals surface area contributed by atoms with Crippen LogP contribution in [0.2, 0.25) is 0 Å². The quantitative estimate of drug-likeness (QED) is 0.705. The molecular weight excluding hydrogens is 222 g/mol. The summed E-state index contributed by atoms with van der Waals surface area (Å²) < 4.78 is 28.6. The van der Waals surface area contributed by atoms with Crippen LogP contribution in [0.3, 0.4) is 0 Å². The highest BCUT2D eigenvalue weighted by atomic mass is 19.3. The molecule has 0 radical (unpaired) electrons. The van der Waals surface area contributed by atoms with Gasteiger partial charge in [-0.05, 0) is 36.0 Å². The minimum Gasteiger partial charge on any atom is -0.435 e. The molecule has 96 valence electrons. The predicted octanol–water partition coefficient (Wildman–Crippen LogP) is 4.66. The molecule has 0 spiro atoms. The summed E-state index contributed by atoms with van der Waals surface area (Å²) in [5.74, 6) is 0.241. The predicted molar refractivity (Wildman–Crippen MR) is 65.5 cm³/mol. The molecule has 3 heteroatoms. The fraction of sp³-hybridized carbons (Fsp3) is 0.571. The van der Waals surface area contributed by atoms with Crippen LogP contribution in [0.15, 0.2) is 24.3 Å². The van der Waals surface area contributed by atoms with Gasteiger partial charge >= 0.3 is 6.61 Å². The molecule has 1 aromatic carbocycles. The van der Waals surface area contributed by atoms with Crippen LogP contribution in [0, 0.1) is 5.41 Å². The molecule has 0 heterocycles. The standard InChI is InChI=1S/C14H20F2O/c1-4-8-14(2,3)10-11-6-5-7-12(9-11)17-13(15)16/h5-7,9,13H,4,8,10H2,1-3H3. The Kier molecular flexibility index (Phi) is 4.91. The maximum absolute atomic E-state index is 12.1. The number of ether oxygens (including phenoxy) is 1. The van der Waals surface area contributed by atoms with E-state index in [1.54, 1.807) is 18.2 Å². The Bertz CT molecular complexity index is 348. The van der Waals surface area contributed by atoms with E-state index in [2.05, 4.69) is 25.5 Å². The summed E-state index contributed by atoms with van der Waals surface area (Å²) in [6.45, 7) is 3.78. The second kappa shape index (κ2) is 5.99. The van der Waals surface area contributed by atoms with Crippen molar-refractivity contribution in [1.29, 1.82) is 0 Å². The van der Waals surface area contributed by atoms with Crippen LogP contribution in [0.1, 0.15) is 39.2 Å². The SMILES string of the molecule is CCCC(C)(C)Cc1cccc(OC(F)F)c1. The number of hydrogen-bond donors (Lipinski definition) is 0. The van der Waals surface area contributed by atoms with Crippen molar-refractivity contribution in [1.82, 2.24) is 0 Å². The van der Waals surface area contributed by atoms with Gasteiger partial charge < -0.3 is 4.74 Å². The Morgan fingerprint density at radius 3 is 2.59 bits per heavy atom. The molecule has 0 aliphatic rings. The lowest BCUT2D eigenvalue weighted by atomic mass is 9.82. The molecular formula is C14H20F2O. The molecule has 0 aromatic heterocycles. The lowest BCUT2D eigenvalue weighted by Crippen LogP contribution is -2.14. The summed E-state index contributed by atoms with van der Waals surface area (Å²) in [4.78, 5) is 0. The molecule has 1 aromatic rings. The minimum atomic E-state index is -2.76. The van der Waals surface area contributed by atoms with Crippen molar-refractivity contribution >= 4 is 0 Å². The third-order valence-corrected chi connectivity index (χ3v) is 2.73. The van der Waals surface area contributed by atoms with Crippen molar-refractivity contribution in [3.05, 3.63) is 29.8 Å². The Balaban J connectivity index is 2.71.